The average Bonchev–Trinajstić information content (AvgIpc) is 2.59. The van der Waals surface area contributed by atoms with Crippen molar-refractivity contribution in [3.63, 3.8) is 0 Å². The third-order valence-electron chi connectivity index (χ3n) is 4.77. The average molecular weight is 343 g/mol. The minimum absolute atomic E-state index is 0.145. The Kier molecular flexibility index (Phi) is 5.26. The topological polar surface area (TPSA) is 64.0 Å². The number of hydrogen-bond acceptors (Lipinski definition) is 3. The Labute approximate surface area is 145 Å². The fourth-order valence-corrected chi connectivity index (χ4v) is 3.29. The van der Waals surface area contributed by atoms with Crippen molar-refractivity contribution in [1.82, 2.24) is 15.1 Å². The van der Waals surface area contributed by atoms with Crippen molar-refractivity contribution in [2.24, 2.45) is 5.92 Å². The van der Waals surface area contributed by atoms with Crippen LogP contribution in [0, 0.1) is 11.7 Å². The lowest BCUT2D eigenvalue weighted by Crippen LogP contribution is -2.43. The van der Waals surface area contributed by atoms with Crippen molar-refractivity contribution in [3.05, 3.63) is 52.6 Å². The van der Waals surface area contributed by atoms with Gasteiger partial charge in [0.1, 0.15) is 12.4 Å². The van der Waals surface area contributed by atoms with E-state index in [2.05, 4.69) is 17.3 Å². The molecule has 5 nitrogen and oxygen atoms in total. The maximum atomic E-state index is 13.9. The molecule has 25 heavy (non-hydrogen) atoms. The molecule has 1 amide bonds. The molecule has 1 aliphatic carbocycles. The molecule has 0 radical (unpaired) electrons. The van der Waals surface area contributed by atoms with Gasteiger partial charge in [-0.25, -0.2) is 9.07 Å². The van der Waals surface area contributed by atoms with Gasteiger partial charge in [0.15, 0.2) is 0 Å². The minimum Gasteiger partial charge on any atom is -0.351 e. The second-order valence-corrected chi connectivity index (χ2v) is 6.63. The van der Waals surface area contributed by atoms with Gasteiger partial charge in [0, 0.05) is 17.7 Å². The highest BCUT2D eigenvalue weighted by atomic mass is 19.1. The first-order valence-electron chi connectivity index (χ1n) is 8.67. The van der Waals surface area contributed by atoms with Crippen LogP contribution in [0.4, 0.5) is 4.39 Å². The van der Waals surface area contributed by atoms with E-state index in [0.29, 0.717) is 17.2 Å². The lowest BCUT2D eigenvalue weighted by atomic mass is 9.86. The summed E-state index contributed by atoms with van der Waals surface area (Å²) in [6.45, 7) is 1.97. The van der Waals surface area contributed by atoms with Crippen LogP contribution in [0.3, 0.4) is 0 Å². The van der Waals surface area contributed by atoms with Crippen LogP contribution in [-0.4, -0.2) is 21.7 Å². The quantitative estimate of drug-likeness (QED) is 0.928. The third kappa shape index (κ3) is 4.13. The van der Waals surface area contributed by atoms with E-state index in [1.807, 2.05) is 0 Å². The molecule has 0 aliphatic heterocycles. The van der Waals surface area contributed by atoms with E-state index in [4.69, 9.17) is 0 Å². The molecule has 1 heterocycles. The highest BCUT2D eigenvalue weighted by Gasteiger charge is 2.23. The molecule has 0 bridgehead atoms. The second kappa shape index (κ2) is 7.59. The summed E-state index contributed by atoms with van der Waals surface area (Å²) in [6.07, 6.45) is 4.37. The Hall–Kier alpha value is -2.50. The molecule has 1 fully saturated rings. The molecule has 0 spiro atoms. The van der Waals surface area contributed by atoms with E-state index in [-0.39, 0.29) is 24.1 Å². The van der Waals surface area contributed by atoms with Gasteiger partial charge in [0.25, 0.3) is 5.56 Å². The molecule has 0 saturated heterocycles. The first-order chi connectivity index (χ1) is 12.0. The molecule has 1 saturated carbocycles. The second-order valence-electron chi connectivity index (χ2n) is 6.63. The van der Waals surface area contributed by atoms with Gasteiger partial charge in [-0.3, -0.25) is 9.59 Å². The van der Waals surface area contributed by atoms with Crippen LogP contribution in [-0.2, 0) is 11.3 Å². The Morgan fingerprint density at radius 1 is 1.24 bits per heavy atom. The Morgan fingerprint density at radius 3 is 2.76 bits per heavy atom. The number of rotatable bonds is 4. The maximum absolute atomic E-state index is 13.9. The maximum Gasteiger partial charge on any atom is 0.267 e. The smallest absolute Gasteiger partial charge is 0.267 e. The molecule has 0 unspecified atom stereocenters. The van der Waals surface area contributed by atoms with Crippen LogP contribution in [0.15, 0.2) is 41.2 Å². The van der Waals surface area contributed by atoms with E-state index >= 15 is 0 Å². The van der Waals surface area contributed by atoms with Crippen LogP contribution >= 0.6 is 0 Å². The molecule has 6 heteroatoms. The number of aromatic nitrogens is 2. The zero-order valence-corrected chi connectivity index (χ0v) is 14.2. The van der Waals surface area contributed by atoms with Gasteiger partial charge < -0.3 is 5.32 Å². The predicted octanol–water partition coefficient (Wildman–Crippen LogP) is 2.74. The van der Waals surface area contributed by atoms with Crippen LogP contribution < -0.4 is 10.9 Å². The summed E-state index contributed by atoms with van der Waals surface area (Å²) in [5.41, 5.74) is 0.251. The summed E-state index contributed by atoms with van der Waals surface area (Å²) < 4.78 is 15.0. The predicted molar refractivity (Wildman–Crippen MR) is 93.5 cm³/mol. The molecule has 132 valence electrons. The van der Waals surface area contributed by atoms with Crippen molar-refractivity contribution < 1.29 is 9.18 Å². The van der Waals surface area contributed by atoms with Crippen LogP contribution in [0.25, 0.3) is 11.3 Å². The molecular weight excluding hydrogens is 321 g/mol. The van der Waals surface area contributed by atoms with Gasteiger partial charge in [0.2, 0.25) is 5.91 Å². The molecule has 1 aromatic carbocycles. The number of hydrogen-bond donors (Lipinski definition) is 1. The van der Waals surface area contributed by atoms with E-state index < -0.39 is 5.82 Å². The van der Waals surface area contributed by atoms with Gasteiger partial charge in [-0.1, -0.05) is 31.9 Å². The number of nitrogens with zero attached hydrogens (tertiary/aromatic N) is 2. The lowest BCUT2D eigenvalue weighted by Gasteiger charge is -2.29. The van der Waals surface area contributed by atoms with Crippen molar-refractivity contribution in [2.75, 3.05) is 0 Å². The van der Waals surface area contributed by atoms with Crippen LogP contribution in [0.2, 0.25) is 0 Å². The monoisotopic (exact) mass is 343 g/mol. The molecule has 2 aromatic rings. The standard InChI is InChI=1S/C19H22FN3O2/c1-13-6-2-5-9-16(13)21-18(24)12-23-19(25)11-10-17(22-23)14-7-3-4-8-15(14)20/h3-4,7-8,10-11,13,16H,2,5-6,9,12H2,1H3,(H,21,24)/t13-,16-/m0/s1. The number of carbonyl (C=O) groups is 1. The summed E-state index contributed by atoms with van der Waals surface area (Å²) in [5, 5.41) is 7.16. The van der Waals surface area contributed by atoms with Crippen molar-refractivity contribution in [1.29, 1.82) is 0 Å². The van der Waals surface area contributed by atoms with Gasteiger partial charge >= 0.3 is 0 Å². The van der Waals surface area contributed by atoms with E-state index in [1.165, 1.54) is 24.6 Å². The van der Waals surface area contributed by atoms with E-state index in [0.717, 1.165) is 23.9 Å². The van der Waals surface area contributed by atoms with Crippen LogP contribution in [0.1, 0.15) is 32.6 Å². The van der Waals surface area contributed by atoms with Crippen molar-refractivity contribution in [2.45, 2.75) is 45.2 Å². The minimum atomic E-state index is -0.416. The summed E-state index contributed by atoms with van der Waals surface area (Å²) >= 11 is 0. The molecule has 2 atom stereocenters. The van der Waals surface area contributed by atoms with Gasteiger partial charge in [-0.15, -0.1) is 0 Å². The van der Waals surface area contributed by atoms with Crippen molar-refractivity contribution >= 4 is 5.91 Å². The highest BCUT2D eigenvalue weighted by Crippen LogP contribution is 2.23. The number of benzene rings is 1. The Bertz CT molecular complexity index is 818. The lowest BCUT2D eigenvalue weighted by molar-refractivity contribution is -0.123. The SMILES string of the molecule is C[C@H]1CCCC[C@@H]1NC(=O)Cn1nc(-c2ccccc2F)ccc1=O. The summed E-state index contributed by atoms with van der Waals surface area (Å²) in [5.74, 6) is -0.216. The fraction of sp³-hybridized carbons (Fsp3) is 0.421. The van der Waals surface area contributed by atoms with E-state index in [9.17, 15) is 14.0 Å². The first-order valence-corrected chi connectivity index (χ1v) is 8.67. The fourth-order valence-electron chi connectivity index (χ4n) is 3.29. The number of nitrogens with one attached hydrogen (secondary N) is 1. The number of amides is 1. The zero-order chi connectivity index (χ0) is 17.8. The van der Waals surface area contributed by atoms with Gasteiger partial charge in [0.05, 0.1) is 5.69 Å². The molecule has 1 aromatic heterocycles. The van der Waals surface area contributed by atoms with Gasteiger partial charge in [-0.05, 0) is 37.0 Å². The molecule has 3 rings (SSSR count). The number of halogens is 1. The molecule has 1 N–H and O–H groups in total. The van der Waals surface area contributed by atoms with Gasteiger partial charge in [-0.2, -0.15) is 5.10 Å². The summed E-state index contributed by atoms with van der Waals surface area (Å²) in [7, 11) is 0. The normalized spacial score (nSPS) is 20.2. The Morgan fingerprint density at radius 2 is 2.00 bits per heavy atom. The number of carbonyl (C=O) groups excluding carboxylic acids is 1. The summed E-state index contributed by atoms with van der Waals surface area (Å²) in [4.78, 5) is 24.3. The molecular formula is C19H22FN3O2. The zero-order valence-electron chi connectivity index (χ0n) is 14.2. The first kappa shape index (κ1) is 17.3. The van der Waals surface area contributed by atoms with Crippen LogP contribution in [0.5, 0.6) is 0 Å². The van der Waals surface area contributed by atoms with Crippen molar-refractivity contribution in [3.8, 4) is 11.3 Å². The third-order valence-corrected chi connectivity index (χ3v) is 4.77. The molecule has 1 aliphatic rings. The summed E-state index contributed by atoms with van der Waals surface area (Å²) in [6, 6.07) is 9.15. The van der Waals surface area contributed by atoms with E-state index in [1.54, 1.807) is 18.2 Å². The Balaban J connectivity index is 1.76. The highest BCUT2D eigenvalue weighted by molar-refractivity contribution is 5.76. The largest absolute Gasteiger partial charge is 0.351 e.